The fraction of sp³-hybridized carbons (Fsp3) is 0.310. The monoisotopic (exact) mass is 535 g/mol. The molecule has 0 saturated carbocycles. The van der Waals surface area contributed by atoms with Gasteiger partial charge >= 0.3 is 0 Å². The number of carbonyl (C=O) groups is 2. The van der Waals surface area contributed by atoms with Gasteiger partial charge in [0.15, 0.2) is 0 Å². The first-order valence-corrected chi connectivity index (χ1v) is 13.5. The topological polar surface area (TPSA) is 70.7 Å². The number of rotatable bonds is 4. The van der Waals surface area contributed by atoms with Crippen LogP contribution in [0.4, 0.5) is 17.1 Å². The first-order valence-electron chi connectivity index (χ1n) is 12.7. The number of fused-ring (bicyclic) bond motifs is 4. The molecule has 6 rings (SSSR count). The van der Waals surface area contributed by atoms with Crippen molar-refractivity contribution in [2.75, 3.05) is 28.6 Å². The van der Waals surface area contributed by atoms with Gasteiger partial charge in [0, 0.05) is 87.8 Å². The highest BCUT2D eigenvalue weighted by Gasteiger charge is 2.35. The Bertz CT molecular complexity index is 1370. The van der Waals surface area contributed by atoms with E-state index < -0.39 is 0 Å². The van der Waals surface area contributed by atoms with Crippen molar-refractivity contribution < 1.29 is 14.3 Å². The van der Waals surface area contributed by atoms with Crippen molar-refractivity contribution in [3.05, 3.63) is 74.3 Å². The number of ether oxygens (including phenoxy) is 1. The summed E-state index contributed by atoms with van der Waals surface area (Å²) in [7, 11) is 0. The lowest BCUT2D eigenvalue weighted by atomic mass is 9.79. The molecular formula is C29H27Cl2N3O3. The van der Waals surface area contributed by atoms with E-state index in [-0.39, 0.29) is 17.7 Å². The predicted molar refractivity (Wildman–Crippen MR) is 148 cm³/mol. The third-order valence-corrected chi connectivity index (χ3v) is 8.21. The van der Waals surface area contributed by atoms with Gasteiger partial charge in [0.2, 0.25) is 11.8 Å². The van der Waals surface area contributed by atoms with Crippen LogP contribution in [0.15, 0.2) is 36.4 Å². The summed E-state index contributed by atoms with van der Waals surface area (Å²) in [5.41, 5.74) is 7.38. The molecule has 3 heterocycles. The lowest BCUT2D eigenvalue weighted by Crippen LogP contribution is -2.23. The van der Waals surface area contributed by atoms with Crippen LogP contribution in [0.3, 0.4) is 0 Å². The van der Waals surface area contributed by atoms with Crippen molar-refractivity contribution >= 4 is 52.1 Å². The number of hydrogen-bond donors (Lipinski definition) is 2. The van der Waals surface area contributed by atoms with Gasteiger partial charge in [-0.1, -0.05) is 23.2 Å². The Kier molecular flexibility index (Phi) is 6.04. The van der Waals surface area contributed by atoms with Gasteiger partial charge in [-0.3, -0.25) is 9.59 Å². The molecule has 2 amide bonds. The van der Waals surface area contributed by atoms with Crippen LogP contribution in [-0.2, 0) is 22.4 Å². The highest BCUT2D eigenvalue weighted by atomic mass is 35.5. The van der Waals surface area contributed by atoms with Gasteiger partial charge in [-0.2, -0.15) is 0 Å². The molecule has 3 aromatic rings. The summed E-state index contributed by atoms with van der Waals surface area (Å²) in [5, 5.41) is 7.12. The molecule has 3 aromatic carbocycles. The van der Waals surface area contributed by atoms with Crippen LogP contribution in [0.2, 0.25) is 10.0 Å². The summed E-state index contributed by atoms with van der Waals surface area (Å²) in [5.74, 6) is 1.00. The number of amides is 2. The van der Waals surface area contributed by atoms with Crippen molar-refractivity contribution in [3.63, 3.8) is 0 Å². The number of anilines is 3. The van der Waals surface area contributed by atoms with E-state index >= 15 is 0 Å². The second-order valence-electron chi connectivity index (χ2n) is 9.72. The Balaban J connectivity index is 1.57. The molecule has 0 unspecified atom stereocenters. The SMILES string of the molecule is CCN(CC)c1cc(Cl)c(C2c3cc4c(cc3Oc3cc5c(cc32)CCC(=O)N5)NC(=O)CC4)c(Cl)c1. The maximum Gasteiger partial charge on any atom is 0.224 e. The van der Waals surface area contributed by atoms with E-state index in [1.165, 1.54) is 0 Å². The molecule has 0 spiro atoms. The van der Waals surface area contributed by atoms with Crippen LogP contribution in [0.1, 0.15) is 60.4 Å². The minimum absolute atomic E-state index is 0.00456. The number of hydrogen-bond acceptors (Lipinski definition) is 4. The Hall–Kier alpha value is -3.22. The highest BCUT2D eigenvalue weighted by molar-refractivity contribution is 6.36. The van der Waals surface area contributed by atoms with Gasteiger partial charge < -0.3 is 20.3 Å². The van der Waals surface area contributed by atoms with Crippen LogP contribution in [0, 0.1) is 0 Å². The molecule has 2 N–H and O–H groups in total. The largest absolute Gasteiger partial charge is 0.457 e. The molecule has 0 saturated heterocycles. The molecule has 6 nitrogen and oxygen atoms in total. The number of benzene rings is 3. The molecule has 0 aliphatic carbocycles. The Labute approximate surface area is 225 Å². The summed E-state index contributed by atoms with van der Waals surface area (Å²) in [6, 6.07) is 12.0. The molecule has 0 atom stereocenters. The van der Waals surface area contributed by atoms with Crippen molar-refractivity contribution in [1.29, 1.82) is 0 Å². The predicted octanol–water partition coefficient (Wildman–Crippen LogP) is 6.89. The molecule has 3 aliphatic heterocycles. The quantitative estimate of drug-likeness (QED) is 0.298. The number of aryl methyl sites for hydroxylation is 2. The average molecular weight is 536 g/mol. The molecule has 0 bridgehead atoms. The summed E-state index contributed by atoms with van der Waals surface area (Å²) < 4.78 is 6.41. The van der Waals surface area contributed by atoms with E-state index in [9.17, 15) is 9.59 Å². The standard InChI is InChI=1S/C29H27Cl2N3O3/c1-3-34(4-2)17-11-20(30)29(21(31)12-17)28-18-9-15-5-7-26(35)32-22(15)13-24(18)37-25-14-23-16(10-19(25)28)6-8-27(36)33-23/h9-14,28H,3-8H2,1-2H3,(H,32,35)(H,33,36). The summed E-state index contributed by atoms with van der Waals surface area (Å²) in [6.45, 7) is 5.91. The zero-order chi connectivity index (χ0) is 25.8. The van der Waals surface area contributed by atoms with E-state index in [0.29, 0.717) is 47.2 Å². The van der Waals surface area contributed by atoms with Crippen molar-refractivity contribution in [3.8, 4) is 11.5 Å². The zero-order valence-corrected chi connectivity index (χ0v) is 22.2. The molecule has 0 aromatic heterocycles. The maximum atomic E-state index is 12.1. The Morgan fingerprint density at radius 1 is 0.784 bits per heavy atom. The van der Waals surface area contributed by atoms with Gasteiger partial charge in [-0.25, -0.2) is 0 Å². The Morgan fingerprint density at radius 2 is 1.27 bits per heavy atom. The fourth-order valence-electron chi connectivity index (χ4n) is 5.70. The van der Waals surface area contributed by atoms with E-state index in [1.54, 1.807) is 0 Å². The fourth-order valence-corrected chi connectivity index (χ4v) is 6.39. The van der Waals surface area contributed by atoms with Gasteiger partial charge in [0.25, 0.3) is 0 Å². The molecule has 37 heavy (non-hydrogen) atoms. The van der Waals surface area contributed by atoms with Gasteiger partial charge in [0.05, 0.1) is 0 Å². The average Bonchev–Trinajstić information content (AvgIpc) is 2.86. The number of carbonyl (C=O) groups excluding carboxylic acids is 2. The minimum atomic E-state index is -0.268. The lowest BCUT2D eigenvalue weighted by Gasteiger charge is -2.33. The van der Waals surface area contributed by atoms with Gasteiger partial charge in [0.1, 0.15) is 11.5 Å². The second kappa shape index (κ2) is 9.26. The smallest absolute Gasteiger partial charge is 0.224 e. The summed E-state index contributed by atoms with van der Waals surface area (Å²) >= 11 is 14.0. The zero-order valence-electron chi connectivity index (χ0n) is 20.7. The van der Waals surface area contributed by atoms with Crippen LogP contribution >= 0.6 is 23.2 Å². The Morgan fingerprint density at radius 3 is 1.73 bits per heavy atom. The number of nitrogens with zero attached hydrogens (tertiary/aromatic N) is 1. The van der Waals surface area contributed by atoms with E-state index in [4.69, 9.17) is 27.9 Å². The third kappa shape index (κ3) is 4.12. The first kappa shape index (κ1) is 24.1. The molecule has 0 radical (unpaired) electrons. The number of halogens is 2. The normalized spacial score (nSPS) is 16.0. The van der Waals surface area contributed by atoms with Gasteiger partial charge in [-0.15, -0.1) is 0 Å². The maximum absolute atomic E-state index is 12.1. The summed E-state index contributed by atoms with van der Waals surface area (Å²) in [6.07, 6.45) is 2.21. The van der Waals surface area contributed by atoms with Crippen LogP contribution in [0.25, 0.3) is 0 Å². The molecular weight excluding hydrogens is 509 g/mol. The van der Waals surface area contributed by atoms with Crippen LogP contribution in [0.5, 0.6) is 11.5 Å². The van der Waals surface area contributed by atoms with E-state index in [1.807, 2.05) is 24.3 Å². The van der Waals surface area contributed by atoms with Crippen molar-refractivity contribution in [2.24, 2.45) is 0 Å². The van der Waals surface area contributed by atoms with Crippen molar-refractivity contribution in [1.82, 2.24) is 0 Å². The van der Waals surface area contributed by atoms with E-state index in [2.05, 4.69) is 41.5 Å². The summed E-state index contributed by atoms with van der Waals surface area (Å²) in [4.78, 5) is 26.3. The highest BCUT2D eigenvalue weighted by Crippen LogP contribution is 2.53. The number of nitrogens with one attached hydrogen (secondary N) is 2. The second-order valence-corrected chi connectivity index (χ2v) is 10.5. The first-order chi connectivity index (χ1) is 17.9. The lowest BCUT2D eigenvalue weighted by molar-refractivity contribution is -0.117. The van der Waals surface area contributed by atoms with Gasteiger partial charge in [-0.05, 0) is 62.1 Å². The minimum Gasteiger partial charge on any atom is -0.457 e. The molecule has 8 heteroatoms. The van der Waals surface area contributed by atoms with Crippen LogP contribution in [-0.4, -0.2) is 24.9 Å². The molecule has 0 fully saturated rings. The van der Waals surface area contributed by atoms with E-state index in [0.717, 1.165) is 58.0 Å². The molecule has 3 aliphatic rings. The van der Waals surface area contributed by atoms with Crippen LogP contribution < -0.4 is 20.3 Å². The third-order valence-electron chi connectivity index (χ3n) is 7.59. The molecule has 190 valence electrons. The van der Waals surface area contributed by atoms with Crippen molar-refractivity contribution in [2.45, 2.75) is 45.4 Å².